The molecule has 0 atom stereocenters. The molecule has 0 fully saturated rings. The number of rotatable bonds is 9. The number of hydrogen-bond donors (Lipinski definition) is 1. The van der Waals surface area contributed by atoms with Crippen molar-refractivity contribution >= 4 is 11.8 Å². The molecule has 4 aromatic rings. The van der Waals surface area contributed by atoms with E-state index in [0.29, 0.717) is 28.5 Å². The molecule has 4 rings (SSSR count). The van der Waals surface area contributed by atoms with Crippen molar-refractivity contribution in [2.24, 2.45) is 0 Å². The minimum atomic E-state index is 0.233. The van der Waals surface area contributed by atoms with E-state index < -0.39 is 0 Å². The second-order valence-corrected chi connectivity index (χ2v) is 8.38. The van der Waals surface area contributed by atoms with Crippen LogP contribution in [0.15, 0.2) is 64.4 Å². The number of ether oxygens (including phenoxy) is 2. The third kappa shape index (κ3) is 5.05. The first-order valence-electron chi connectivity index (χ1n) is 10.2. The van der Waals surface area contributed by atoms with Gasteiger partial charge in [0.25, 0.3) is 0 Å². The highest BCUT2D eigenvalue weighted by atomic mass is 32.2. The zero-order chi connectivity index (χ0) is 22.5. The summed E-state index contributed by atoms with van der Waals surface area (Å²) >= 11 is 1.43. The third-order valence-corrected chi connectivity index (χ3v) is 5.86. The number of thioether (sulfide) groups is 1. The van der Waals surface area contributed by atoms with Gasteiger partial charge in [-0.25, -0.2) is 9.66 Å². The Balaban J connectivity index is 1.33. The minimum Gasteiger partial charge on any atom is -0.497 e. The summed E-state index contributed by atoms with van der Waals surface area (Å²) in [6, 6.07) is 15.6. The van der Waals surface area contributed by atoms with Crippen LogP contribution < -0.4 is 15.3 Å². The van der Waals surface area contributed by atoms with Crippen molar-refractivity contribution in [3.8, 4) is 23.0 Å². The van der Waals surface area contributed by atoms with Crippen LogP contribution in [0, 0.1) is 0 Å². The molecule has 0 unspecified atom stereocenters. The zero-order valence-corrected chi connectivity index (χ0v) is 19.0. The molecule has 32 heavy (non-hydrogen) atoms. The Hall–Kier alpha value is -3.46. The van der Waals surface area contributed by atoms with E-state index in [1.165, 1.54) is 22.0 Å². The lowest BCUT2D eigenvalue weighted by Crippen LogP contribution is -2.15. The summed E-state index contributed by atoms with van der Waals surface area (Å²) in [5.41, 5.74) is 2.93. The predicted molar refractivity (Wildman–Crippen MR) is 123 cm³/mol. The van der Waals surface area contributed by atoms with Gasteiger partial charge in [0.2, 0.25) is 11.0 Å². The third-order valence-electron chi connectivity index (χ3n) is 4.89. The number of aromatic nitrogens is 4. The van der Waals surface area contributed by atoms with E-state index in [0.717, 1.165) is 22.8 Å². The summed E-state index contributed by atoms with van der Waals surface area (Å²) < 4.78 is 18.0. The maximum Gasteiger partial charge on any atom is 0.226 e. The lowest BCUT2D eigenvalue weighted by molar-refractivity contribution is 0.291. The van der Waals surface area contributed by atoms with Gasteiger partial charge < -0.3 is 19.7 Å². The van der Waals surface area contributed by atoms with Crippen LogP contribution in [0.25, 0.3) is 11.5 Å². The molecule has 8 nitrogen and oxygen atoms in total. The van der Waals surface area contributed by atoms with Crippen LogP contribution in [0.2, 0.25) is 0 Å². The standard InChI is InChI=1S/C23H25N5O3S/c1-15(2)16-4-10-20(11-5-16)30-13-21-26-27-23(28(21)24)32-14-18-12-31-22(25-18)17-6-8-19(29-3)9-7-17/h4-12,15H,13-14,24H2,1-3H3. The van der Waals surface area contributed by atoms with Crippen molar-refractivity contribution in [3.05, 3.63) is 71.9 Å². The van der Waals surface area contributed by atoms with Crippen LogP contribution in [-0.4, -0.2) is 27.0 Å². The van der Waals surface area contributed by atoms with Crippen molar-refractivity contribution in [2.45, 2.75) is 37.3 Å². The average molecular weight is 452 g/mol. The second-order valence-electron chi connectivity index (χ2n) is 7.44. The summed E-state index contributed by atoms with van der Waals surface area (Å²) in [5.74, 6) is 9.82. The molecule has 9 heteroatoms. The van der Waals surface area contributed by atoms with E-state index in [1.54, 1.807) is 13.4 Å². The van der Waals surface area contributed by atoms with Crippen molar-refractivity contribution in [2.75, 3.05) is 13.0 Å². The summed E-state index contributed by atoms with van der Waals surface area (Å²) in [7, 11) is 1.63. The minimum absolute atomic E-state index is 0.233. The Morgan fingerprint density at radius 3 is 2.44 bits per heavy atom. The molecule has 0 aliphatic rings. The Morgan fingerprint density at radius 2 is 1.75 bits per heavy atom. The van der Waals surface area contributed by atoms with Crippen LogP contribution in [0.5, 0.6) is 11.5 Å². The van der Waals surface area contributed by atoms with Gasteiger partial charge in [-0.3, -0.25) is 0 Å². The molecule has 0 bridgehead atoms. The maximum absolute atomic E-state index is 6.15. The molecule has 2 N–H and O–H groups in total. The van der Waals surface area contributed by atoms with Crippen LogP contribution in [0.4, 0.5) is 0 Å². The monoisotopic (exact) mass is 451 g/mol. The molecule has 0 radical (unpaired) electrons. The van der Waals surface area contributed by atoms with Crippen molar-refractivity contribution in [3.63, 3.8) is 0 Å². The van der Waals surface area contributed by atoms with E-state index in [2.05, 4.69) is 41.2 Å². The summed E-state index contributed by atoms with van der Waals surface area (Å²) in [6.07, 6.45) is 1.63. The largest absolute Gasteiger partial charge is 0.497 e. The highest BCUT2D eigenvalue weighted by Crippen LogP contribution is 2.25. The zero-order valence-electron chi connectivity index (χ0n) is 18.2. The Labute approximate surface area is 190 Å². The van der Waals surface area contributed by atoms with Gasteiger partial charge in [-0.15, -0.1) is 10.2 Å². The van der Waals surface area contributed by atoms with Crippen molar-refractivity contribution < 1.29 is 13.9 Å². The van der Waals surface area contributed by atoms with Gasteiger partial charge >= 0.3 is 0 Å². The molecule has 0 aliphatic heterocycles. The lowest BCUT2D eigenvalue weighted by atomic mass is 10.0. The molecule has 166 valence electrons. The Morgan fingerprint density at radius 1 is 1.03 bits per heavy atom. The maximum atomic E-state index is 6.15. The van der Waals surface area contributed by atoms with Crippen LogP contribution >= 0.6 is 11.8 Å². The molecule has 0 saturated carbocycles. The first-order chi connectivity index (χ1) is 15.5. The molecule has 0 saturated heterocycles. The van der Waals surface area contributed by atoms with E-state index in [9.17, 15) is 0 Å². The van der Waals surface area contributed by atoms with Gasteiger partial charge in [0.05, 0.1) is 12.8 Å². The lowest BCUT2D eigenvalue weighted by Gasteiger charge is -2.08. The Kier molecular flexibility index (Phi) is 6.65. The second kappa shape index (κ2) is 9.78. The topological polar surface area (TPSA) is 101 Å². The van der Waals surface area contributed by atoms with Crippen LogP contribution in [0.3, 0.4) is 0 Å². The summed E-state index contributed by atoms with van der Waals surface area (Å²) in [5, 5.41) is 8.88. The van der Waals surface area contributed by atoms with Crippen LogP contribution in [-0.2, 0) is 12.4 Å². The fraction of sp³-hybridized carbons (Fsp3) is 0.261. The van der Waals surface area contributed by atoms with Gasteiger partial charge in [0, 0.05) is 11.3 Å². The summed E-state index contributed by atoms with van der Waals surface area (Å²) in [6.45, 7) is 4.55. The number of nitrogens with two attached hydrogens (primary N) is 1. The first-order valence-corrected chi connectivity index (χ1v) is 11.2. The summed E-state index contributed by atoms with van der Waals surface area (Å²) in [4.78, 5) is 4.53. The molecule has 0 aliphatic carbocycles. The molecule has 2 heterocycles. The number of nitrogens with zero attached hydrogens (tertiary/aromatic N) is 4. The first kappa shape index (κ1) is 21.8. The van der Waals surface area contributed by atoms with E-state index in [1.807, 2.05) is 36.4 Å². The molecule has 2 aromatic heterocycles. The van der Waals surface area contributed by atoms with E-state index >= 15 is 0 Å². The van der Waals surface area contributed by atoms with Crippen molar-refractivity contribution in [1.29, 1.82) is 0 Å². The normalized spacial score (nSPS) is 11.1. The smallest absolute Gasteiger partial charge is 0.226 e. The average Bonchev–Trinajstić information content (AvgIpc) is 3.43. The Bertz CT molecular complexity index is 1150. The number of hydrogen-bond acceptors (Lipinski definition) is 8. The van der Waals surface area contributed by atoms with Crippen molar-refractivity contribution in [1.82, 2.24) is 19.9 Å². The van der Waals surface area contributed by atoms with Gasteiger partial charge in [0.15, 0.2) is 5.82 Å². The molecular weight excluding hydrogens is 426 g/mol. The highest BCUT2D eigenvalue weighted by molar-refractivity contribution is 7.98. The van der Waals surface area contributed by atoms with Gasteiger partial charge in [0.1, 0.15) is 24.4 Å². The van der Waals surface area contributed by atoms with Gasteiger partial charge in [-0.1, -0.05) is 37.7 Å². The fourth-order valence-electron chi connectivity index (χ4n) is 2.98. The van der Waals surface area contributed by atoms with Gasteiger partial charge in [-0.2, -0.15) is 0 Å². The van der Waals surface area contributed by atoms with E-state index in [4.69, 9.17) is 19.7 Å². The molecule has 0 spiro atoms. The fourth-order valence-corrected chi connectivity index (χ4v) is 3.73. The quantitative estimate of drug-likeness (QED) is 0.290. The van der Waals surface area contributed by atoms with Gasteiger partial charge in [-0.05, 0) is 47.9 Å². The number of oxazole rings is 1. The van der Waals surface area contributed by atoms with E-state index in [-0.39, 0.29) is 6.61 Å². The highest BCUT2D eigenvalue weighted by Gasteiger charge is 2.13. The number of nitrogen functional groups attached to an aromatic ring is 1. The predicted octanol–water partition coefficient (Wildman–Crippen LogP) is 4.65. The van der Waals surface area contributed by atoms with Crippen LogP contribution in [0.1, 0.15) is 36.8 Å². The number of methoxy groups -OCH3 is 1. The molecule has 2 aromatic carbocycles. The number of benzene rings is 2. The SMILES string of the molecule is COc1ccc(-c2nc(CSc3nnc(COc4ccc(C(C)C)cc4)n3N)co2)cc1. The molecule has 0 amide bonds. The molecular formula is C23H25N5O3S.